The van der Waals surface area contributed by atoms with E-state index in [9.17, 15) is 15.0 Å². The lowest BCUT2D eigenvalue weighted by molar-refractivity contribution is -0.136. The Kier molecular flexibility index (Phi) is 4.37. The zero-order valence-corrected chi connectivity index (χ0v) is 14.6. The maximum absolute atomic E-state index is 12.2. The number of rotatable bonds is 5. The van der Waals surface area contributed by atoms with E-state index in [0.717, 1.165) is 0 Å². The molecule has 140 valence electrons. The zero-order chi connectivity index (χ0) is 19.0. The third-order valence-corrected chi connectivity index (χ3v) is 4.66. The van der Waals surface area contributed by atoms with Gasteiger partial charge >= 0.3 is 5.97 Å². The van der Waals surface area contributed by atoms with Crippen LogP contribution in [0.25, 0.3) is 0 Å². The van der Waals surface area contributed by atoms with Crippen molar-refractivity contribution in [2.45, 2.75) is 12.5 Å². The van der Waals surface area contributed by atoms with E-state index < -0.39 is 12.1 Å². The van der Waals surface area contributed by atoms with E-state index >= 15 is 0 Å². The van der Waals surface area contributed by atoms with E-state index in [1.54, 1.807) is 30.3 Å². The second-order valence-corrected chi connectivity index (χ2v) is 6.28. The lowest BCUT2D eigenvalue weighted by atomic mass is 9.94. The van der Waals surface area contributed by atoms with E-state index in [-0.39, 0.29) is 25.6 Å². The molecule has 1 atom stereocenters. The van der Waals surface area contributed by atoms with Crippen LogP contribution in [0.5, 0.6) is 23.0 Å². The van der Waals surface area contributed by atoms with Gasteiger partial charge in [-0.3, -0.25) is 0 Å². The highest BCUT2D eigenvalue weighted by molar-refractivity contribution is 5.92. The van der Waals surface area contributed by atoms with E-state index in [0.29, 0.717) is 39.5 Å². The third kappa shape index (κ3) is 3.17. The molecule has 0 unspecified atom stereocenters. The molecule has 0 bridgehead atoms. The van der Waals surface area contributed by atoms with Crippen LogP contribution in [0.1, 0.15) is 17.2 Å². The Morgan fingerprint density at radius 3 is 2.70 bits per heavy atom. The molecule has 0 spiro atoms. The number of hydrogen-bond acceptors (Lipinski definition) is 7. The number of aliphatic hydroxyl groups is 1. The normalized spacial score (nSPS) is 16.4. The first kappa shape index (κ1) is 17.2. The largest absolute Gasteiger partial charge is 0.504 e. The molecule has 7 heteroatoms. The van der Waals surface area contributed by atoms with Crippen LogP contribution in [0.3, 0.4) is 0 Å². The van der Waals surface area contributed by atoms with Crippen LogP contribution < -0.4 is 14.2 Å². The van der Waals surface area contributed by atoms with Crippen molar-refractivity contribution in [1.82, 2.24) is 0 Å². The molecule has 27 heavy (non-hydrogen) atoms. The van der Waals surface area contributed by atoms with Crippen molar-refractivity contribution in [3.05, 3.63) is 58.7 Å². The quantitative estimate of drug-likeness (QED) is 0.780. The highest BCUT2D eigenvalue weighted by Gasteiger charge is 2.31. The van der Waals surface area contributed by atoms with Crippen LogP contribution in [0.2, 0.25) is 0 Å². The Labute approximate surface area is 155 Å². The summed E-state index contributed by atoms with van der Waals surface area (Å²) in [4.78, 5) is 12.2. The molecule has 0 aliphatic carbocycles. The van der Waals surface area contributed by atoms with Crippen molar-refractivity contribution >= 4 is 5.97 Å². The Bertz CT molecular complexity index is 932. The van der Waals surface area contributed by atoms with Crippen LogP contribution in [0, 0.1) is 0 Å². The Hall–Kier alpha value is -3.19. The maximum atomic E-state index is 12.2. The minimum absolute atomic E-state index is 0.0140. The molecule has 0 aromatic heterocycles. The summed E-state index contributed by atoms with van der Waals surface area (Å²) in [6.45, 7) is 0.164. The van der Waals surface area contributed by atoms with Crippen LogP contribution in [-0.4, -0.2) is 36.7 Å². The summed E-state index contributed by atoms with van der Waals surface area (Å²) in [6.07, 6.45) is -0.777. The molecular weight excluding hydrogens is 352 g/mol. The number of cyclic esters (lactones) is 1. The summed E-state index contributed by atoms with van der Waals surface area (Å²) in [5.74, 6) is 1.04. The minimum atomic E-state index is -1.01. The van der Waals surface area contributed by atoms with Gasteiger partial charge in [0.25, 0.3) is 0 Å². The van der Waals surface area contributed by atoms with Gasteiger partial charge in [-0.25, -0.2) is 4.79 Å². The van der Waals surface area contributed by atoms with Gasteiger partial charge in [-0.05, 0) is 35.4 Å². The van der Waals surface area contributed by atoms with Crippen molar-refractivity contribution in [1.29, 1.82) is 0 Å². The highest BCUT2D eigenvalue weighted by atomic mass is 16.7. The standard InChI is InChI=1S/C20H18O7/c1-24-16-4-2-11(7-15(16)21)6-13-14(9-25-20(13)23)19(22)12-3-5-17-18(8-12)27-10-26-17/h2-5,7-8,19,21-22H,6,9-10H2,1H3/t19-/m1/s1. The summed E-state index contributed by atoms with van der Waals surface area (Å²) in [7, 11) is 1.46. The predicted octanol–water partition coefficient (Wildman–Crippen LogP) is 2.26. The fourth-order valence-corrected chi connectivity index (χ4v) is 3.21. The summed E-state index contributed by atoms with van der Waals surface area (Å²) < 4.78 is 20.8. The fraction of sp³-hybridized carbons (Fsp3) is 0.250. The van der Waals surface area contributed by atoms with E-state index in [1.165, 1.54) is 13.2 Å². The lowest BCUT2D eigenvalue weighted by Gasteiger charge is -2.14. The zero-order valence-electron chi connectivity index (χ0n) is 14.6. The third-order valence-electron chi connectivity index (χ3n) is 4.66. The summed E-state index contributed by atoms with van der Waals surface area (Å²) in [6, 6.07) is 10.0. The van der Waals surface area contributed by atoms with Crippen LogP contribution in [-0.2, 0) is 16.0 Å². The van der Waals surface area contributed by atoms with Crippen molar-refractivity contribution in [3.8, 4) is 23.0 Å². The first-order valence-corrected chi connectivity index (χ1v) is 8.39. The molecule has 2 aromatic rings. The Morgan fingerprint density at radius 1 is 1.11 bits per heavy atom. The van der Waals surface area contributed by atoms with E-state index in [4.69, 9.17) is 18.9 Å². The van der Waals surface area contributed by atoms with Crippen molar-refractivity contribution in [3.63, 3.8) is 0 Å². The molecular formula is C20H18O7. The Morgan fingerprint density at radius 2 is 1.93 bits per heavy atom. The number of ether oxygens (including phenoxy) is 4. The number of esters is 1. The maximum Gasteiger partial charge on any atom is 0.334 e. The van der Waals surface area contributed by atoms with Crippen molar-refractivity contribution in [2.24, 2.45) is 0 Å². The number of phenolic OH excluding ortho intramolecular Hbond substituents is 1. The van der Waals surface area contributed by atoms with Gasteiger partial charge in [0.2, 0.25) is 6.79 Å². The number of phenols is 1. The average Bonchev–Trinajstić information content (AvgIpc) is 3.28. The topological polar surface area (TPSA) is 94.5 Å². The van der Waals surface area contributed by atoms with Gasteiger partial charge in [-0.1, -0.05) is 12.1 Å². The molecule has 2 N–H and O–H groups in total. The molecule has 0 fully saturated rings. The molecule has 4 rings (SSSR count). The number of aliphatic hydroxyl groups excluding tert-OH is 1. The summed E-state index contributed by atoms with van der Waals surface area (Å²) in [5.41, 5.74) is 2.17. The van der Waals surface area contributed by atoms with Gasteiger partial charge in [-0.15, -0.1) is 0 Å². The fourth-order valence-electron chi connectivity index (χ4n) is 3.21. The number of carbonyl (C=O) groups excluding carboxylic acids is 1. The van der Waals surface area contributed by atoms with Gasteiger partial charge in [0.1, 0.15) is 12.7 Å². The van der Waals surface area contributed by atoms with Gasteiger partial charge in [0.15, 0.2) is 23.0 Å². The van der Waals surface area contributed by atoms with Crippen LogP contribution in [0.4, 0.5) is 0 Å². The molecule has 0 radical (unpaired) electrons. The summed E-state index contributed by atoms with van der Waals surface area (Å²) >= 11 is 0. The van der Waals surface area contributed by atoms with Crippen LogP contribution >= 0.6 is 0 Å². The molecule has 2 heterocycles. The van der Waals surface area contributed by atoms with Crippen molar-refractivity contribution in [2.75, 3.05) is 20.5 Å². The molecule has 0 saturated heterocycles. The molecule has 0 saturated carbocycles. The number of aromatic hydroxyl groups is 1. The second kappa shape index (κ2) is 6.85. The number of benzene rings is 2. The molecule has 2 aromatic carbocycles. The summed E-state index contributed by atoms with van der Waals surface area (Å²) in [5, 5.41) is 20.7. The SMILES string of the molecule is COc1ccc(CC2=C([C@H](O)c3ccc4c(c3)OCO4)COC2=O)cc1O. The monoisotopic (exact) mass is 370 g/mol. The average molecular weight is 370 g/mol. The predicted molar refractivity (Wildman–Crippen MR) is 93.9 cm³/mol. The van der Waals surface area contributed by atoms with Crippen LogP contribution in [0.15, 0.2) is 47.5 Å². The van der Waals surface area contributed by atoms with E-state index in [1.807, 2.05) is 0 Å². The minimum Gasteiger partial charge on any atom is -0.504 e. The number of carbonyl (C=O) groups is 1. The van der Waals surface area contributed by atoms with Gasteiger partial charge in [0.05, 0.1) is 7.11 Å². The lowest BCUT2D eigenvalue weighted by Crippen LogP contribution is -2.07. The molecule has 2 aliphatic rings. The number of methoxy groups -OCH3 is 1. The molecule has 2 aliphatic heterocycles. The first-order chi connectivity index (χ1) is 13.1. The molecule has 7 nitrogen and oxygen atoms in total. The van der Waals surface area contributed by atoms with Gasteiger partial charge in [-0.2, -0.15) is 0 Å². The first-order valence-electron chi connectivity index (χ1n) is 8.39. The smallest absolute Gasteiger partial charge is 0.334 e. The van der Waals surface area contributed by atoms with Gasteiger partial charge < -0.3 is 29.2 Å². The second-order valence-electron chi connectivity index (χ2n) is 6.28. The number of fused-ring (bicyclic) bond motifs is 1. The number of hydrogen-bond donors (Lipinski definition) is 2. The Balaban J connectivity index is 1.64. The van der Waals surface area contributed by atoms with Crippen molar-refractivity contribution < 1.29 is 34.0 Å². The van der Waals surface area contributed by atoms with Gasteiger partial charge in [0, 0.05) is 17.6 Å². The molecule has 0 amide bonds. The van der Waals surface area contributed by atoms with E-state index in [2.05, 4.69) is 0 Å². The highest BCUT2D eigenvalue weighted by Crippen LogP contribution is 2.38.